The lowest BCUT2D eigenvalue weighted by atomic mass is 10.3. The van der Waals surface area contributed by atoms with Gasteiger partial charge in [-0.25, -0.2) is 4.79 Å². The average Bonchev–Trinajstić information content (AvgIpc) is 2.47. The molecule has 2 rings (SSSR count). The number of benzene rings is 1. The summed E-state index contributed by atoms with van der Waals surface area (Å²) in [7, 11) is 0. The second kappa shape index (κ2) is 3.06. The Morgan fingerprint density at radius 2 is 2.36 bits per heavy atom. The highest BCUT2D eigenvalue weighted by molar-refractivity contribution is 5.84. The van der Waals surface area contributed by atoms with E-state index in [1.54, 1.807) is 24.3 Å². The number of rotatable bonds is 2. The molecule has 2 aromatic rings. The van der Waals surface area contributed by atoms with Crippen molar-refractivity contribution in [2.75, 3.05) is 5.73 Å². The first kappa shape index (κ1) is 8.62. The average molecular weight is 190 g/mol. The zero-order valence-electron chi connectivity index (χ0n) is 7.56. The van der Waals surface area contributed by atoms with E-state index < -0.39 is 5.76 Å². The Morgan fingerprint density at radius 1 is 1.57 bits per heavy atom. The molecule has 0 aliphatic rings. The van der Waals surface area contributed by atoms with Gasteiger partial charge < -0.3 is 10.2 Å². The Bertz CT molecular complexity index is 537. The van der Waals surface area contributed by atoms with Crippen molar-refractivity contribution in [1.82, 2.24) is 4.57 Å². The summed E-state index contributed by atoms with van der Waals surface area (Å²) in [6.07, 6.45) is 1.64. The van der Waals surface area contributed by atoms with Crippen molar-refractivity contribution >= 4 is 16.8 Å². The predicted octanol–water partition coefficient (Wildman–Crippen LogP) is 1.36. The maximum atomic E-state index is 11.4. The van der Waals surface area contributed by atoms with E-state index in [1.165, 1.54) is 4.57 Å². The van der Waals surface area contributed by atoms with Crippen LogP contribution in [0.15, 0.2) is 40.1 Å². The topological polar surface area (TPSA) is 61.2 Å². The van der Waals surface area contributed by atoms with Gasteiger partial charge >= 0.3 is 5.76 Å². The van der Waals surface area contributed by atoms with Crippen LogP contribution in [0.3, 0.4) is 0 Å². The summed E-state index contributed by atoms with van der Waals surface area (Å²) >= 11 is 0. The van der Waals surface area contributed by atoms with Crippen molar-refractivity contribution in [2.24, 2.45) is 0 Å². The Hall–Kier alpha value is -1.97. The van der Waals surface area contributed by atoms with Gasteiger partial charge in [-0.3, -0.25) is 4.57 Å². The first-order valence-corrected chi connectivity index (χ1v) is 4.23. The molecule has 1 aromatic carbocycles. The standard InChI is InChI=1S/C10H10N2O2/c1-2-6-12-8-5-3-4-7(11)9(8)14-10(12)13/h2-5H,1,6,11H2. The van der Waals surface area contributed by atoms with E-state index in [0.29, 0.717) is 23.3 Å². The zero-order valence-corrected chi connectivity index (χ0v) is 7.56. The maximum Gasteiger partial charge on any atom is 0.420 e. The number of hydrogen-bond acceptors (Lipinski definition) is 3. The van der Waals surface area contributed by atoms with Gasteiger partial charge in [-0.05, 0) is 12.1 Å². The molecule has 0 atom stereocenters. The monoisotopic (exact) mass is 190 g/mol. The van der Waals surface area contributed by atoms with Crippen LogP contribution in [0.2, 0.25) is 0 Å². The van der Waals surface area contributed by atoms with Crippen LogP contribution in [0, 0.1) is 0 Å². The van der Waals surface area contributed by atoms with Crippen LogP contribution >= 0.6 is 0 Å². The zero-order chi connectivity index (χ0) is 10.1. The van der Waals surface area contributed by atoms with E-state index in [9.17, 15) is 4.79 Å². The summed E-state index contributed by atoms with van der Waals surface area (Å²) in [4.78, 5) is 11.4. The lowest BCUT2D eigenvalue weighted by Crippen LogP contribution is -2.12. The molecule has 4 heteroatoms. The lowest BCUT2D eigenvalue weighted by Gasteiger charge is -1.96. The molecule has 0 spiro atoms. The highest BCUT2D eigenvalue weighted by Gasteiger charge is 2.09. The van der Waals surface area contributed by atoms with Crippen molar-refractivity contribution < 1.29 is 4.42 Å². The molecule has 2 N–H and O–H groups in total. The Kier molecular flexibility index (Phi) is 1.89. The number of allylic oxidation sites excluding steroid dienone is 1. The molecule has 0 saturated carbocycles. The van der Waals surface area contributed by atoms with Gasteiger partial charge in [0.2, 0.25) is 0 Å². The van der Waals surface area contributed by atoms with Gasteiger partial charge in [-0.15, -0.1) is 6.58 Å². The molecule has 0 saturated heterocycles. The third kappa shape index (κ3) is 1.12. The van der Waals surface area contributed by atoms with Crippen LogP contribution in [0.1, 0.15) is 0 Å². The molecule has 0 aliphatic carbocycles. The molecule has 0 radical (unpaired) electrons. The van der Waals surface area contributed by atoms with E-state index in [2.05, 4.69) is 6.58 Å². The van der Waals surface area contributed by atoms with Crippen LogP contribution in [-0.4, -0.2) is 4.57 Å². The maximum absolute atomic E-state index is 11.4. The quantitative estimate of drug-likeness (QED) is 0.574. The molecule has 0 fully saturated rings. The van der Waals surface area contributed by atoms with E-state index >= 15 is 0 Å². The fourth-order valence-electron chi connectivity index (χ4n) is 1.41. The minimum Gasteiger partial charge on any atom is -0.405 e. The molecule has 0 aliphatic heterocycles. The van der Waals surface area contributed by atoms with Crippen molar-refractivity contribution in [2.45, 2.75) is 6.54 Å². The normalized spacial score (nSPS) is 10.6. The summed E-state index contributed by atoms with van der Waals surface area (Å²) in [5.41, 5.74) is 7.28. The minimum absolute atomic E-state index is 0.405. The van der Waals surface area contributed by atoms with E-state index in [-0.39, 0.29) is 0 Å². The van der Waals surface area contributed by atoms with Gasteiger partial charge in [0.1, 0.15) is 0 Å². The number of fused-ring (bicyclic) bond motifs is 1. The molecule has 72 valence electrons. The van der Waals surface area contributed by atoms with Gasteiger partial charge in [0.15, 0.2) is 5.58 Å². The number of nitrogens with zero attached hydrogens (tertiary/aromatic N) is 1. The first-order chi connectivity index (χ1) is 6.74. The molecule has 4 nitrogen and oxygen atoms in total. The number of aromatic nitrogens is 1. The summed E-state index contributed by atoms with van der Waals surface area (Å²) < 4.78 is 6.50. The van der Waals surface area contributed by atoms with Gasteiger partial charge in [-0.1, -0.05) is 12.1 Å². The second-order valence-corrected chi connectivity index (χ2v) is 2.96. The smallest absolute Gasteiger partial charge is 0.405 e. The molecule has 1 heterocycles. The molecular formula is C10H10N2O2. The molecule has 1 aromatic heterocycles. The molecule has 14 heavy (non-hydrogen) atoms. The number of oxazole rings is 1. The Labute approximate surface area is 80.2 Å². The number of nitrogen functional groups attached to an aromatic ring is 1. The van der Waals surface area contributed by atoms with E-state index in [0.717, 1.165) is 0 Å². The Morgan fingerprint density at radius 3 is 3.07 bits per heavy atom. The van der Waals surface area contributed by atoms with Gasteiger partial charge in [-0.2, -0.15) is 0 Å². The van der Waals surface area contributed by atoms with Crippen molar-refractivity contribution in [3.8, 4) is 0 Å². The van der Waals surface area contributed by atoms with E-state index in [4.69, 9.17) is 10.2 Å². The number of hydrogen-bond donors (Lipinski definition) is 1. The molecule has 0 bridgehead atoms. The fraction of sp³-hybridized carbons (Fsp3) is 0.100. The Balaban J connectivity index is 2.83. The van der Waals surface area contributed by atoms with Crippen LogP contribution in [0.4, 0.5) is 5.69 Å². The summed E-state index contributed by atoms with van der Waals surface area (Å²) in [5, 5.41) is 0. The SMILES string of the molecule is C=CCn1c(=O)oc2c(N)cccc21. The largest absolute Gasteiger partial charge is 0.420 e. The van der Waals surface area contributed by atoms with Gasteiger partial charge in [0.25, 0.3) is 0 Å². The van der Waals surface area contributed by atoms with Gasteiger partial charge in [0, 0.05) is 6.54 Å². The number of para-hydroxylation sites is 1. The van der Waals surface area contributed by atoms with Crippen molar-refractivity contribution in [3.63, 3.8) is 0 Å². The number of anilines is 1. The fourth-order valence-corrected chi connectivity index (χ4v) is 1.41. The molecular weight excluding hydrogens is 180 g/mol. The highest BCUT2D eigenvalue weighted by atomic mass is 16.4. The van der Waals surface area contributed by atoms with Crippen LogP contribution in [0.25, 0.3) is 11.1 Å². The second-order valence-electron chi connectivity index (χ2n) is 2.96. The predicted molar refractivity (Wildman–Crippen MR) is 55.1 cm³/mol. The van der Waals surface area contributed by atoms with Crippen LogP contribution in [-0.2, 0) is 6.54 Å². The van der Waals surface area contributed by atoms with Crippen molar-refractivity contribution in [1.29, 1.82) is 0 Å². The minimum atomic E-state index is -0.405. The van der Waals surface area contributed by atoms with Crippen LogP contribution < -0.4 is 11.5 Å². The first-order valence-electron chi connectivity index (χ1n) is 4.23. The molecule has 0 amide bonds. The number of nitrogens with two attached hydrogens (primary N) is 1. The highest BCUT2D eigenvalue weighted by Crippen LogP contribution is 2.19. The third-order valence-corrected chi connectivity index (χ3v) is 2.04. The van der Waals surface area contributed by atoms with Crippen LogP contribution in [0.5, 0.6) is 0 Å². The summed E-state index contributed by atoms with van der Waals surface area (Å²) in [6, 6.07) is 5.27. The van der Waals surface area contributed by atoms with E-state index in [1.807, 2.05) is 0 Å². The van der Waals surface area contributed by atoms with Gasteiger partial charge in [0.05, 0.1) is 11.2 Å². The lowest BCUT2D eigenvalue weighted by molar-refractivity contribution is 0.520. The third-order valence-electron chi connectivity index (χ3n) is 2.04. The molecule has 0 unspecified atom stereocenters. The summed E-state index contributed by atoms with van der Waals surface area (Å²) in [5.74, 6) is -0.405. The summed E-state index contributed by atoms with van der Waals surface area (Å²) in [6.45, 7) is 4.00. The van der Waals surface area contributed by atoms with Crippen molar-refractivity contribution in [3.05, 3.63) is 41.4 Å².